The molecule has 1 saturated heterocycles. The van der Waals surface area contributed by atoms with Crippen molar-refractivity contribution in [3.05, 3.63) is 76.5 Å². The van der Waals surface area contributed by atoms with Gasteiger partial charge in [-0.15, -0.1) is 0 Å². The Balaban J connectivity index is 1.31. The van der Waals surface area contributed by atoms with Crippen molar-refractivity contribution in [2.45, 2.75) is 75.0 Å². The second-order valence-electron chi connectivity index (χ2n) is 12.9. The van der Waals surface area contributed by atoms with Gasteiger partial charge < -0.3 is 14.9 Å². The molecule has 4 atom stereocenters. The molecule has 1 saturated carbocycles. The number of ether oxygens (including phenoxy) is 1. The van der Waals surface area contributed by atoms with Crippen molar-refractivity contribution in [2.75, 3.05) is 13.1 Å². The third kappa shape index (κ3) is 2.75. The van der Waals surface area contributed by atoms with Crippen LogP contribution in [0.3, 0.4) is 0 Å². The van der Waals surface area contributed by atoms with Crippen molar-refractivity contribution in [1.82, 2.24) is 9.88 Å². The van der Waals surface area contributed by atoms with Gasteiger partial charge in [-0.25, -0.2) is 4.98 Å². The molecule has 3 heterocycles. The molecule has 0 unspecified atom stereocenters. The van der Waals surface area contributed by atoms with E-state index in [2.05, 4.69) is 54.3 Å². The van der Waals surface area contributed by atoms with Gasteiger partial charge in [0.2, 0.25) is 0 Å². The van der Waals surface area contributed by atoms with Crippen molar-refractivity contribution < 1.29 is 14.9 Å². The standard InChI is InChI=1S/C34H34N2O3/c1-2-5-20-14-22-15-23-17-34(38)27-16-21-10-11-26(37)31-28(21)33(34,12-13-36(27)18-19-8-9-19)32(39-31)30(23)35-29(22)25-7-4-3-6-24(20)25/h3-4,6-7,10-11,14-15,19,27,32,37-38H,2,5,8-9,12-13,16-18H2,1H3/t27-,32-,33-,34+/m0/s1. The smallest absolute Gasteiger partial charge is 0.166 e. The van der Waals surface area contributed by atoms with E-state index in [1.807, 2.05) is 0 Å². The molecule has 2 N–H and O–H groups in total. The van der Waals surface area contributed by atoms with E-state index >= 15 is 0 Å². The Morgan fingerprint density at radius 2 is 1.92 bits per heavy atom. The molecule has 2 aliphatic heterocycles. The van der Waals surface area contributed by atoms with Crippen LogP contribution in [0.25, 0.3) is 21.7 Å². The van der Waals surface area contributed by atoms with Gasteiger partial charge in [-0.2, -0.15) is 0 Å². The molecule has 0 amide bonds. The van der Waals surface area contributed by atoms with Crippen molar-refractivity contribution in [1.29, 1.82) is 0 Å². The molecule has 198 valence electrons. The molecular weight excluding hydrogens is 484 g/mol. The predicted octanol–water partition coefficient (Wildman–Crippen LogP) is 5.75. The van der Waals surface area contributed by atoms with E-state index < -0.39 is 17.1 Å². The van der Waals surface area contributed by atoms with Crippen molar-refractivity contribution in [2.24, 2.45) is 5.92 Å². The maximum atomic E-state index is 13.0. The number of phenolic OH excluding ortho intramolecular Hbond substituents is 1. The Kier molecular flexibility index (Phi) is 4.37. The molecule has 3 aromatic carbocycles. The SMILES string of the molecule is CCCc1cc2cc3c(nc2c2ccccc12)[C@@H]1Oc2c(O)ccc4c2[C@@]12CCN(CC1CC1)[C@@H](C4)[C@]2(O)C3. The lowest BCUT2D eigenvalue weighted by Crippen LogP contribution is -2.74. The summed E-state index contributed by atoms with van der Waals surface area (Å²) in [5.41, 5.74) is 5.11. The topological polar surface area (TPSA) is 65.8 Å². The number of piperidine rings is 1. The van der Waals surface area contributed by atoms with Gasteiger partial charge in [0.05, 0.1) is 22.2 Å². The average molecular weight is 519 g/mol. The van der Waals surface area contributed by atoms with Crippen LogP contribution in [0.15, 0.2) is 48.5 Å². The zero-order valence-electron chi connectivity index (χ0n) is 22.4. The molecule has 5 nitrogen and oxygen atoms in total. The van der Waals surface area contributed by atoms with Crippen molar-refractivity contribution >= 4 is 21.7 Å². The molecule has 5 aliphatic rings. The third-order valence-corrected chi connectivity index (χ3v) is 10.8. The van der Waals surface area contributed by atoms with Gasteiger partial charge >= 0.3 is 0 Å². The molecule has 5 heteroatoms. The summed E-state index contributed by atoms with van der Waals surface area (Å²) in [6, 6.07) is 17.1. The van der Waals surface area contributed by atoms with Crippen molar-refractivity contribution in [3.63, 3.8) is 0 Å². The van der Waals surface area contributed by atoms with Crippen molar-refractivity contribution in [3.8, 4) is 11.5 Å². The fraction of sp³-hybridized carbons (Fsp3) is 0.441. The number of nitrogens with zero attached hydrogens (tertiary/aromatic N) is 2. The molecule has 4 aromatic rings. The molecular formula is C34H34N2O3. The van der Waals surface area contributed by atoms with E-state index in [1.165, 1.54) is 34.7 Å². The lowest BCUT2D eigenvalue weighted by molar-refractivity contribution is -0.173. The highest BCUT2D eigenvalue weighted by Crippen LogP contribution is 2.68. The molecule has 2 bridgehead atoms. The first kappa shape index (κ1) is 22.6. The van der Waals surface area contributed by atoms with Gasteiger partial charge in [0, 0.05) is 35.3 Å². The highest BCUT2D eigenvalue weighted by molar-refractivity contribution is 6.07. The van der Waals surface area contributed by atoms with Gasteiger partial charge in [0.15, 0.2) is 17.6 Å². The number of phenols is 1. The second-order valence-corrected chi connectivity index (χ2v) is 12.9. The number of pyridine rings is 1. The van der Waals surface area contributed by atoms with Crippen LogP contribution >= 0.6 is 0 Å². The summed E-state index contributed by atoms with van der Waals surface area (Å²) >= 11 is 0. The number of aromatic hydroxyl groups is 1. The average Bonchev–Trinajstić information content (AvgIpc) is 3.68. The summed E-state index contributed by atoms with van der Waals surface area (Å²) in [6.07, 6.45) is 6.51. The zero-order valence-corrected chi connectivity index (χ0v) is 22.4. The Morgan fingerprint density at radius 3 is 2.74 bits per heavy atom. The molecule has 1 aromatic heterocycles. The van der Waals surface area contributed by atoms with E-state index in [9.17, 15) is 10.2 Å². The first-order valence-electron chi connectivity index (χ1n) is 14.8. The number of aliphatic hydroxyl groups is 1. The fourth-order valence-electron chi connectivity index (χ4n) is 8.94. The quantitative estimate of drug-likeness (QED) is 0.337. The Hall–Kier alpha value is -3.15. The lowest BCUT2D eigenvalue weighted by atomic mass is 9.49. The molecule has 3 aliphatic carbocycles. The van der Waals surface area contributed by atoms with Gasteiger partial charge in [0.25, 0.3) is 0 Å². The summed E-state index contributed by atoms with van der Waals surface area (Å²) in [5, 5.41) is 27.6. The van der Waals surface area contributed by atoms with Crippen LogP contribution < -0.4 is 4.74 Å². The highest BCUT2D eigenvalue weighted by Gasteiger charge is 2.72. The predicted molar refractivity (Wildman–Crippen MR) is 151 cm³/mol. The lowest BCUT2D eigenvalue weighted by Gasteiger charge is -2.63. The van der Waals surface area contributed by atoms with Gasteiger partial charge in [-0.05, 0) is 84.8 Å². The van der Waals surface area contributed by atoms with Crippen LogP contribution in [0.2, 0.25) is 0 Å². The number of fused-ring (bicyclic) bond motifs is 5. The van der Waals surface area contributed by atoms with E-state index in [0.717, 1.165) is 72.4 Å². The molecule has 0 radical (unpaired) electrons. The molecule has 39 heavy (non-hydrogen) atoms. The minimum Gasteiger partial charge on any atom is -0.504 e. The maximum Gasteiger partial charge on any atom is 0.166 e. The second kappa shape index (κ2) is 7.52. The number of hydrogen-bond donors (Lipinski definition) is 2. The first-order valence-corrected chi connectivity index (χ1v) is 14.8. The minimum atomic E-state index is -0.970. The summed E-state index contributed by atoms with van der Waals surface area (Å²) in [4.78, 5) is 7.99. The van der Waals surface area contributed by atoms with Crippen LogP contribution in [-0.4, -0.2) is 44.8 Å². The van der Waals surface area contributed by atoms with E-state index in [-0.39, 0.29) is 11.8 Å². The van der Waals surface area contributed by atoms with E-state index in [1.54, 1.807) is 6.07 Å². The Morgan fingerprint density at radius 1 is 1.08 bits per heavy atom. The van der Waals surface area contributed by atoms with E-state index in [0.29, 0.717) is 12.2 Å². The summed E-state index contributed by atoms with van der Waals surface area (Å²) < 4.78 is 6.76. The molecule has 9 rings (SSSR count). The van der Waals surface area contributed by atoms with Crippen LogP contribution in [0, 0.1) is 5.92 Å². The summed E-state index contributed by atoms with van der Waals surface area (Å²) in [5.74, 6) is 1.51. The monoisotopic (exact) mass is 518 g/mol. The van der Waals surface area contributed by atoms with Crippen LogP contribution in [0.1, 0.15) is 66.7 Å². The molecule has 2 fully saturated rings. The summed E-state index contributed by atoms with van der Waals surface area (Å²) in [7, 11) is 0. The Bertz CT molecular complexity index is 1710. The minimum absolute atomic E-state index is 0.0389. The van der Waals surface area contributed by atoms with Gasteiger partial charge in [-0.1, -0.05) is 43.7 Å². The number of hydrogen-bond acceptors (Lipinski definition) is 5. The van der Waals surface area contributed by atoms with Gasteiger partial charge in [-0.3, -0.25) is 4.90 Å². The fourth-order valence-corrected chi connectivity index (χ4v) is 8.94. The van der Waals surface area contributed by atoms with Gasteiger partial charge in [0.1, 0.15) is 0 Å². The summed E-state index contributed by atoms with van der Waals surface area (Å²) in [6.45, 7) is 4.25. The number of likely N-dealkylation sites (tertiary alicyclic amines) is 1. The normalized spacial score (nSPS) is 30.3. The van der Waals surface area contributed by atoms with Crippen LogP contribution in [-0.2, 0) is 24.7 Å². The number of rotatable bonds is 4. The largest absolute Gasteiger partial charge is 0.504 e. The van der Waals surface area contributed by atoms with E-state index in [4.69, 9.17) is 9.72 Å². The zero-order chi connectivity index (χ0) is 26.1. The molecule has 1 spiro atoms. The number of aromatic nitrogens is 1. The number of aryl methyl sites for hydroxylation is 1. The van der Waals surface area contributed by atoms with Crippen LogP contribution in [0.4, 0.5) is 0 Å². The Labute approximate surface area is 228 Å². The first-order chi connectivity index (χ1) is 19.0. The maximum absolute atomic E-state index is 13.0. The van der Waals surface area contributed by atoms with Crippen LogP contribution in [0.5, 0.6) is 11.5 Å². The third-order valence-electron chi connectivity index (χ3n) is 10.8. The highest BCUT2D eigenvalue weighted by atomic mass is 16.5. The number of benzene rings is 3.